The molecular weight excluding hydrogens is 392 g/mol. The summed E-state index contributed by atoms with van der Waals surface area (Å²) in [5.41, 5.74) is -0.521. The fourth-order valence-electron chi connectivity index (χ4n) is 4.35. The van der Waals surface area contributed by atoms with E-state index in [9.17, 15) is 9.90 Å². The predicted molar refractivity (Wildman–Crippen MR) is 120 cm³/mol. The first-order valence-corrected chi connectivity index (χ1v) is 11.2. The molecule has 2 fully saturated rings. The van der Waals surface area contributed by atoms with Crippen molar-refractivity contribution in [1.82, 2.24) is 9.80 Å². The number of ether oxygens (including phenoxy) is 2. The van der Waals surface area contributed by atoms with Gasteiger partial charge < -0.3 is 19.5 Å². The summed E-state index contributed by atoms with van der Waals surface area (Å²) in [6.45, 7) is 6.43. The number of rotatable bonds is 7. The molecule has 0 unspecified atom stereocenters. The highest BCUT2D eigenvalue weighted by Gasteiger charge is 2.41. The summed E-state index contributed by atoms with van der Waals surface area (Å²) in [4.78, 5) is 17.1. The van der Waals surface area contributed by atoms with E-state index in [0.29, 0.717) is 25.1 Å². The average Bonchev–Trinajstić information content (AvgIpc) is 3.29. The second kappa shape index (κ2) is 9.71. The predicted octanol–water partition coefficient (Wildman–Crippen LogP) is 3.21. The van der Waals surface area contributed by atoms with Gasteiger partial charge in [0.1, 0.15) is 29.8 Å². The quantitative estimate of drug-likeness (QED) is 0.740. The Bertz CT molecular complexity index is 848. The molecule has 0 radical (unpaired) electrons. The van der Waals surface area contributed by atoms with Crippen molar-refractivity contribution < 1.29 is 19.4 Å². The largest absolute Gasteiger partial charge is 0.492 e. The lowest BCUT2D eigenvalue weighted by Crippen LogP contribution is -2.58. The van der Waals surface area contributed by atoms with Crippen LogP contribution in [0.15, 0.2) is 54.6 Å². The third kappa shape index (κ3) is 5.57. The second-order valence-corrected chi connectivity index (χ2v) is 8.71. The number of carbonyl (C=O) groups is 1. The van der Waals surface area contributed by atoms with E-state index in [1.807, 2.05) is 42.5 Å². The Morgan fingerprint density at radius 1 is 1.03 bits per heavy atom. The van der Waals surface area contributed by atoms with Gasteiger partial charge in [-0.2, -0.15) is 0 Å². The number of carbonyl (C=O) groups excluding carboxylic acids is 1. The minimum atomic E-state index is -1.12. The van der Waals surface area contributed by atoms with E-state index < -0.39 is 5.60 Å². The first-order valence-electron chi connectivity index (χ1n) is 11.2. The Morgan fingerprint density at radius 2 is 1.74 bits per heavy atom. The Kier molecular flexibility index (Phi) is 6.78. The molecule has 0 bridgehead atoms. The molecule has 166 valence electrons. The Balaban J connectivity index is 1.30. The minimum Gasteiger partial charge on any atom is -0.492 e. The van der Waals surface area contributed by atoms with Crippen molar-refractivity contribution in [3.63, 3.8) is 0 Å². The van der Waals surface area contributed by atoms with Crippen LogP contribution in [0.3, 0.4) is 0 Å². The summed E-state index contributed by atoms with van der Waals surface area (Å²) in [6, 6.07) is 16.8. The van der Waals surface area contributed by atoms with Crippen molar-refractivity contribution in [1.29, 1.82) is 0 Å². The zero-order chi connectivity index (χ0) is 21.7. The Hall–Kier alpha value is -2.57. The molecule has 4 rings (SSSR count). The maximum atomic E-state index is 13.0. The van der Waals surface area contributed by atoms with Gasteiger partial charge in [0.25, 0.3) is 5.91 Å². The summed E-state index contributed by atoms with van der Waals surface area (Å²) < 4.78 is 11.8. The molecule has 2 aliphatic heterocycles. The number of hydrogen-bond donors (Lipinski definition) is 1. The molecule has 2 aromatic carbocycles. The zero-order valence-electron chi connectivity index (χ0n) is 18.2. The Morgan fingerprint density at radius 3 is 2.42 bits per heavy atom. The molecule has 0 spiro atoms. The number of benzene rings is 2. The molecule has 2 saturated heterocycles. The molecule has 1 amide bonds. The molecule has 31 heavy (non-hydrogen) atoms. The van der Waals surface area contributed by atoms with E-state index in [1.54, 1.807) is 24.0 Å². The molecule has 0 aliphatic carbocycles. The molecular formula is C25H32N2O4. The van der Waals surface area contributed by atoms with Gasteiger partial charge in [-0.3, -0.25) is 9.69 Å². The highest BCUT2D eigenvalue weighted by atomic mass is 16.5. The molecule has 0 saturated carbocycles. The van der Waals surface area contributed by atoms with Gasteiger partial charge in [-0.25, -0.2) is 0 Å². The Labute approximate surface area is 184 Å². The van der Waals surface area contributed by atoms with Gasteiger partial charge in [0, 0.05) is 25.1 Å². The van der Waals surface area contributed by atoms with Gasteiger partial charge in [0.15, 0.2) is 0 Å². The maximum absolute atomic E-state index is 13.0. The third-order valence-electron chi connectivity index (χ3n) is 6.15. The third-order valence-corrected chi connectivity index (χ3v) is 6.15. The zero-order valence-corrected chi connectivity index (χ0v) is 18.2. The van der Waals surface area contributed by atoms with Crippen LogP contribution in [0.1, 0.15) is 36.5 Å². The van der Waals surface area contributed by atoms with Gasteiger partial charge in [-0.1, -0.05) is 18.2 Å². The number of amides is 1. The summed E-state index contributed by atoms with van der Waals surface area (Å²) in [7, 11) is 0. The fraction of sp³-hybridized carbons (Fsp3) is 0.480. The summed E-state index contributed by atoms with van der Waals surface area (Å²) in [6.07, 6.45) is 2.77. The molecule has 2 atom stereocenters. The van der Waals surface area contributed by atoms with Crippen LogP contribution in [0.2, 0.25) is 0 Å². The van der Waals surface area contributed by atoms with E-state index in [0.717, 1.165) is 31.1 Å². The van der Waals surface area contributed by atoms with E-state index in [2.05, 4.69) is 4.90 Å². The summed E-state index contributed by atoms with van der Waals surface area (Å²) in [5, 5.41) is 11.0. The van der Waals surface area contributed by atoms with Crippen LogP contribution in [0, 0.1) is 0 Å². The standard InChI is InChI=1S/C25H32N2O4/c1-25(29)19-27(16-13-23(25)31-22-7-3-2-4-8-22)24(28)20-9-11-21(12-10-20)30-18-17-26-14-5-6-15-26/h2-4,7-12,23,29H,5-6,13-19H2,1H3/t23-,25-/m0/s1. The monoisotopic (exact) mass is 424 g/mol. The SMILES string of the molecule is C[C@]1(O)CN(C(=O)c2ccc(OCCN3CCCC3)cc2)CC[C@@H]1Oc1ccccc1. The first kappa shape index (κ1) is 21.7. The molecule has 6 heteroatoms. The van der Waals surface area contributed by atoms with Crippen molar-refractivity contribution >= 4 is 5.91 Å². The highest BCUT2D eigenvalue weighted by molar-refractivity contribution is 5.94. The number of likely N-dealkylation sites (tertiary alicyclic amines) is 2. The van der Waals surface area contributed by atoms with Crippen LogP contribution in [0.4, 0.5) is 0 Å². The van der Waals surface area contributed by atoms with Crippen LogP contribution in [-0.2, 0) is 0 Å². The molecule has 0 aromatic heterocycles. The molecule has 2 aromatic rings. The fourth-order valence-corrected chi connectivity index (χ4v) is 4.35. The van der Waals surface area contributed by atoms with Crippen molar-refractivity contribution in [3.05, 3.63) is 60.2 Å². The number of piperidine rings is 1. The lowest BCUT2D eigenvalue weighted by molar-refractivity contribution is -0.0899. The van der Waals surface area contributed by atoms with Crippen LogP contribution in [0.5, 0.6) is 11.5 Å². The molecule has 6 nitrogen and oxygen atoms in total. The second-order valence-electron chi connectivity index (χ2n) is 8.71. The van der Waals surface area contributed by atoms with Gasteiger partial charge in [-0.15, -0.1) is 0 Å². The maximum Gasteiger partial charge on any atom is 0.253 e. The average molecular weight is 425 g/mol. The lowest BCUT2D eigenvalue weighted by atomic mass is 9.91. The minimum absolute atomic E-state index is 0.0814. The van der Waals surface area contributed by atoms with Gasteiger partial charge in [-0.05, 0) is 69.3 Å². The van der Waals surface area contributed by atoms with Gasteiger partial charge >= 0.3 is 0 Å². The van der Waals surface area contributed by atoms with Crippen molar-refractivity contribution in [2.45, 2.75) is 37.9 Å². The molecule has 2 aliphatic rings. The van der Waals surface area contributed by atoms with E-state index >= 15 is 0 Å². The van der Waals surface area contributed by atoms with E-state index in [1.165, 1.54) is 12.8 Å². The summed E-state index contributed by atoms with van der Waals surface area (Å²) >= 11 is 0. The van der Waals surface area contributed by atoms with Crippen LogP contribution >= 0.6 is 0 Å². The van der Waals surface area contributed by atoms with Crippen LogP contribution in [0.25, 0.3) is 0 Å². The number of hydrogen-bond acceptors (Lipinski definition) is 5. The smallest absolute Gasteiger partial charge is 0.253 e. The van der Waals surface area contributed by atoms with E-state index in [-0.39, 0.29) is 18.6 Å². The number of nitrogens with zero attached hydrogens (tertiary/aromatic N) is 2. The van der Waals surface area contributed by atoms with Crippen molar-refractivity contribution in [2.24, 2.45) is 0 Å². The number of aliphatic hydroxyl groups is 1. The van der Waals surface area contributed by atoms with Gasteiger partial charge in [0.2, 0.25) is 0 Å². The lowest BCUT2D eigenvalue weighted by Gasteiger charge is -2.42. The van der Waals surface area contributed by atoms with Gasteiger partial charge in [0.05, 0.1) is 6.54 Å². The first-order chi connectivity index (χ1) is 15.0. The van der Waals surface area contributed by atoms with Crippen LogP contribution in [-0.4, -0.2) is 71.8 Å². The number of β-amino-alcohol motifs (C(OH)–C–C–N with tert-alkyl or cyclic N) is 1. The number of para-hydroxylation sites is 1. The molecule has 1 N–H and O–H groups in total. The highest BCUT2D eigenvalue weighted by Crippen LogP contribution is 2.27. The normalized spacial score (nSPS) is 24.2. The van der Waals surface area contributed by atoms with Crippen molar-refractivity contribution in [3.8, 4) is 11.5 Å². The topological polar surface area (TPSA) is 62.2 Å². The van der Waals surface area contributed by atoms with Crippen molar-refractivity contribution in [2.75, 3.05) is 39.3 Å². The van der Waals surface area contributed by atoms with E-state index in [4.69, 9.17) is 9.47 Å². The summed E-state index contributed by atoms with van der Waals surface area (Å²) in [5.74, 6) is 1.42. The molecule has 2 heterocycles. The van der Waals surface area contributed by atoms with Crippen LogP contribution < -0.4 is 9.47 Å².